The van der Waals surface area contributed by atoms with E-state index in [0.29, 0.717) is 11.6 Å². The summed E-state index contributed by atoms with van der Waals surface area (Å²) in [7, 11) is 5.54. The average molecular weight is 485 g/mol. The van der Waals surface area contributed by atoms with Gasteiger partial charge in [0.15, 0.2) is 5.96 Å². The van der Waals surface area contributed by atoms with Crippen molar-refractivity contribution in [3.05, 3.63) is 29.3 Å². The van der Waals surface area contributed by atoms with Crippen LogP contribution in [-0.2, 0) is 4.74 Å². The van der Waals surface area contributed by atoms with E-state index in [1.54, 1.807) is 14.2 Å². The number of methoxy groups -OCH3 is 1. The molecule has 1 rings (SSSR count). The summed E-state index contributed by atoms with van der Waals surface area (Å²) in [5, 5.41) is 7.25. The predicted octanol–water partition coefficient (Wildman–Crippen LogP) is 2.47. The second-order valence-corrected chi connectivity index (χ2v) is 5.99. The summed E-state index contributed by atoms with van der Waals surface area (Å²) in [6, 6.07) is 7.36. The van der Waals surface area contributed by atoms with Crippen molar-refractivity contribution in [2.75, 3.05) is 54.0 Å². The number of nitrogens with zero attached hydrogens (tertiary/aromatic N) is 2. The molecule has 1 aromatic carbocycles. The van der Waals surface area contributed by atoms with Gasteiger partial charge in [-0.2, -0.15) is 0 Å². The average Bonchev–Trinajstić information content (AvgIpc) is 2.58. The molecular weight excluding hydrogens is 455 g/mol. The van der Waals surface area contributed by atoms with Crippen molar-refractivity contribution in [3.8, 4) is 5.75 Å². The van der Waals surface area contributed by atoms with Crippen LogP contribution in [0.4, 0.5) is 0 Å². The van der Waals surface area contributed by atoms with Crippen LogP contribution in [-0.4, -0.2) is 71.0 Å². The number of nitrogens with one attached hydrogen (secondary N) is 2. The fourth-order valence-corrected chi connectivity index (χ4v) is 2.10. The molecule has 0 saturated carbocycles. The Morgan fingerprint density at radius 2 is 1.92 bits per heavy atom. The fraction of sp³-hybridized carbons (Fsp3) is 0.588. The number of aliphatic imine (C=N–C) groups is 1. The van der Waals surface area contributed by atoms with E-state index in [-0.39, 0.29) is 30.1 Å². The van der Waals surface area contributed by atoms with Crippen LogP contribution >= 0.6 is 35.6 Å². The van der Waals surface area contributed by atoms with Crippen molar-refractivity contribution in [1.82, 2.24) is 15.5 Å². The van der Waals surface area contributed by atoms with Crippen molar-refractivity contribution in [2.24, 2.45) is 4.99 Å². The van der Waals surface area contributed by atoms with Crippen LogP contribution in [0.15, 0.2) is 29.3 Å². The molecule has 2 N–H and O–H groups in total. The first-order chi connectivity index (χ1) is 11.5. The summed E-state index contributed by atoms with van der Waals surface area (Å²) in [4.78, 5) is 6.42. The first-order valence-electron chi connectivity index (χ1n) is 8.09. The second-order valence-electron chi connectivity index (χ2n) is 5.56. The van der Waals surface area contributed by atoms with Crippen LogP contribution < -0.4 is 15.4 Å². The molecule has 0 bridgehead atoms. The predicted molar refractivity (Wildman–Crippen MR) is 116 cm³/mol. The molecule has 6 nitrogen and oxygen atoms in total. The van der Waals surface area contributed by atoms with Gasteiger partial charge in [0.25, 0.3) is 0 Å². The van der Waals surface area contributed by atoms with E-state index >= 15 is 0 Å². The Balaban J connectivity index is 0.00000576. The highest BCUT2D eigenvalue weighted by Crippen LogP contribution is 2.16. The maximum Gasteiger partial charge on any atom is 0.191 e. The normalized spacial score (nSPS) is 12.5. The van der Waals surface area contributed by atoms with Crippen molar-refractivity contribution in [1.29, 1.82) is 0 Å². The zero-order chi connectivity index (χ0) is 17.8. The minimum Gasteiger partial charge on any atom is -0.489 e. The van der Waals surface area contributed by atoms with Crippen LogP contribution in [0.3, 0.4) is 0 Å². The van der Waals surface area contributed by atoms with Crippen LogP contribution in [0, 0.1) is 0 Å². The summed E-state index contributed by atoms with van der Waals surface area (Å²) in [6.45, 7) is 6.04. The van der Waals surface area contributed by atoms with Gasteiger partial charge in [0.1, 0.15) is 11.9 Å². The second kappa shape index (κ2) is 14.4. The van der Waals surface area contributed by atoms with Gasteiger partial charge in [0.2, 0.25) is 0 Å². The van der Waals surface area contributed by atoms with Crippen LogP contribution in [0.1, 0.15) is 6.92 Å². The zero-order valence-electron chi connectivity index (χ0n) is 15.4. The Labute approximate surface area is 173 Å². The smallest absolute Gasteiger partial charge is 0.191 e. The third-order valence-electron chi connectivity index (χ3n) is 3.39. The first kappa shape index (κ1) is 24.2. The van der Waals surface area contributed by atoms with Gasteiger partial charge in [-0.1, -0.05) is 11.6 Å². The Morgan fingerprint density at radius 3 is 2.52 bits per heavy atom. The van der Waals surface area contributed by atoms with Crippen LogP contribution in [0.2, 0.25) is 5.02 Å². The summed E-state index contributed by atoms with van der Waals surface area (Å²) in [6.07, 6.45) is 0.00843. The third-order valence-corrected chi connectivity index (χ3v) is 3.65. The summed E-state index contributed by atoms with van der Waals surface area (Å²) in [5.41, 5.74) is 0. The van der Waals surface area contributed by atoms with E-state index in [2.05, 4.69) is 27.6 Å². The van der Waals surface area contributed by atoms with Crippen molar-refractivity contribution < 1.29 is 9.47 Å². The molecule has 1 atom stereocenters. The molecule has 1 unspecified atom stereocenters. The number of halogens is 2. The number of rotatable bonds is 10. The molecule has 0 aliphatic rings. The summed E-state index contributed by atoms with van der Waals surface area (Å²) in [5.74, 6) is 1.57. The maximum absolute atomic E-state index is 5.87. The van der Waals surface area contributed by atoms with E-state index in [4.69, 9.17) is 21.1 Å². The molecule has 0 fully saturated rings. The van der Waals surface area contributed by atoms with Gasteiger partial charge < -0.3 is 25.0 Å². The van der Waals surface area contributed by atoms with E-state index in [0.717, 1.165) is 38.0 Å². The summed E-state index contributed by atoms with van der Waals surface area (Å²) < 4.78 is 10.9. The van der Waals surface area contributed by atoms with Gasteiger partial charge in [-0.15, -0.1) is 24.0 Å². The molecule has 0 spiro atoms. The van der Waals surface area contributed by atoms with E-state index < -0.39 is 0 Å². The van der Waals surface area contributed by atoms with Gasteiger partial charge in [-0.05, 0) is 38.2 Å². The molecule has 25 heavy (non-hydrogen) atoms. The standard InChI is InChI=1S/C17H29ClN4O2.HI/c1-14(24-16-7-5-15(18)6-8-16)13-21-17(19-2)20-9-10-22(3)11-12-23-4;/h5-8,14H,9-13H2,1-4H3,(H2,19,20,21);1H. The molecule has 0 saturated heterocycles. The zero-order valence-corrected chi connectivity index (χ0v) is 18.5. The largest absolute Gasteiger partial charge is 0.489 e. The Morgan fingerprint density at radius 1 is 1.24 bits per heavy atom. The number of benzene rings is 1. The van der Waals surface area contributed by atoms with Gasteiger partial charge in [0.05, 0.1) is 13.2 Å². The molecule has 8 heteroatoms. The molecule has 0 radical (unpaired) electrons. The minimum absolute atomic E-state index is 0. The number of hydrogen-bond donors (Lipinski definition) is 2. The Hall–Kier alpha value is -0.770. The highest BCUT2D eigenvalue weighted by molar-refractivity contribution is 14.0. The van der Waals surface area contributed by atoms with Crippen molar-refractivity contribution in [3.63, 3.8) is 0 Å². The van der Waals surface area contributed by atoms with E-state index in [1.165, 1.54) is 0 Å². The highest BCUT2D eigenvalue weighted by atomic mass is 127. The topological polar surface area (TPSA) is 58.1 Å². The van der Waals surface area contributed by atoms with Crippen LogP contribution in [0.25, 0.3) is 0 Å². The van der Waals surface area contributed by atoms with Crippen LogP contribution in [0.5, 0.6) is 5.75 Å². The van der Waals surface area contributed by atoms with Crippen molar-refractivity contribution >= 4 is 41.5 Å². The molecular formula is C17H30ClIN4O2. The van der Waals surface area contributed by atoms with E-state index in [1.807, 2.05) is 31.2 Å². The lowest BCUT2D eigenvalue weighted by Gasteiger charge is -2.19. The molecule has 0 aliphatic heterocycles. The fourth-order valence-electron chi connectivity index (χ4n) is 1.97. The molecule has 0 aromatic heterocycles. The quantitative estimate of drug-likeness (QED) is 0.304. The molecule has 0 aliphatic carbocycles. The SMILES string of the molecule is CN=C(NCCN(C)CCOC)NCC(C)Oc1ccc(Cl)cc1.I. The molecule has 144 valence electrons. The molecule has 1 aromatic rings. The number of ether oxygens (including phenoxy) is 2. The number of likely N-dealkylation sites (N-methyl/N-ethyl adjacent to an activating group) is 1. The lowest BCUT2D eigenvalue weighted by molar-refractivity contribution is 0.162. The van der Waals surface area contributed by atoms with E-state index in [9.17, 15) is 0 Å². The van der Waals surface area contributed by atoms with Gasteiger partial charge in [0, 0.05) is 38.8 Å². The van der Waals surface area contributed by atoms with Gasteiger partial charge in [-0.25, -0.2) is 0 Å². The highest BCUT2D eigenvalue weighted by Gasteiger charge is 2.06. The summed E-state index contributed by atoms with van der Waals surface area (Å²) >= 11 is 5.87. The third kappa shape index (κ3) is 11.5. The molecule has 0 heterocycles. The monoisotopic (exact) mass is 484 g/mol. The minimum atomic E-state index is 0. The van der Waals surface area contributed by atoms with Crippen molar-refractivity contribution in [2.45, 2.75) is 13.0 Å². The first-order valence-corrected chi connectivity index (χ1v) is 8.47. The number of hydrogen-bond acceptors (Lipinski definition) is 4. The lowest BCUT2D eigenvalue weighted by atomic mass is 10.3. The maximum atomic E-state index is 5.87. The number of guanidine groups is 1. The Bertz CT molecular complexity index is 488. The molecule has 0 amide bonds. The lowest BCUT2D eigenvalue weighted by Crippen LogP contribution is -2.44. The van der Waals surface area contributed by atoms with Gasteiger partial charge >= 0.3 is 0 Å². The van der Waals surface area contributed by atoms with Gasteiger partial charge in [-0.3, -0.25) is 4.99 Å². The Kier molecular flexibility index (Phi) is 14.0.